The van der Waals surface area contributed by atoms with Crippen molar-refractivity contribution in [2.24, 2.45) is 5.73 Å². The average Bonchev–Trinajstić information content (AvgIpc) is 2.49. The Hall–Kier alpha value is -0.510. The van der Waals surface area contributed by atoms with Gasteiger partial charge in [-0.05, 0) is 24.0 Å². The number of hydrogen-bond donors (Lipinski definition) is 1. The van der Waals surface area contributed by atoms with E-state index in [-0.39, 0.29) is 0 Å². The first kappa shape index (κ1) is 14.9. The van der Waals surface area contributed by atoms with Gasteiger partial charge in [0.05, 0.1) is 0 Å². The minimum Gasteiger partial charge on any atom is -0.329 e. The first-order valence-electron chi connectivity index (χ1n) is 7.43. The van der Waals surface area contributed by atoms with Gasteiger partial charge in [0.2, 0.25) is 0 Å². The molecule has 3 heteroatoms. The molecule has 1 aliphatic heterocycles. The second-order valence-corrected chi connectivity index (χ2v) is 6.65. The minimum atomic E-state index is 0.390. The molecule has 0 amide bonds. The molecule has 2 atom stereocenters. The quantitative estimate of drug-likeness (QED) is 0.897. The van der Waals surface area contributed by atoms with Gasteiger partial charge >= 0.3 is 0 Å². The van der Waals surface area contributed by atoms with Crippen molar-refractivity contribution in [3.8, 4) is 0 Å². The first-order valence-corrected chi connectivity index (χ1v) is 8.47. The molecule has 2 N–H and O–H groups in total. The lowest BCUT2D eigenvalue weighted by Gasteiger charge is -2.37. The van der Waals surface area contributed by atoms with Crippen molar-refractivity contribution in [1.82, 2.24) is 4.90 Å². The molecule has 19 heavy (non-hydrogen) atoms. The van der Waals surface area contributed by atoms with Gasteiger partial charge in [0.1, 0.15) is 0 Å². The summed E-state index contributed by atoms with van der Waals surface area (Å²) in [4.78, 5) is 2.58. The molecule has 1 heterocycles. The molecule has 106 valence electrons. The van der Waals surface area contributed by atoms with Crippen molar-refractivity contribution in [3.05, 3.63) is 35.4 Å². The van der Waals surface area contributed by atoms with Gasteiger partial charge in [-0.15, -0.1) is 0 Å². The van der Waals surface area contributed by atoms with E-state index in [4.69, 9.17) is 5.73 Å². The van der Waals surface area contributed by atoms with Crippen LogP contribution in [0.5, 0.6) is 0 Å². The Balaban J connectivity index is 2.09. The van der Waals surface area contributed by atoms with Crippen LogP contribution in [0.25, 0.3) is 0 Å². The van der Waals surface area contributed by atoms with Gasteiger partial charge in [-0.2, -0.15) is 11.8 Å². The number of nitrogens with two attached hydrogens (primary N) is 1. The molecule has 1 aromatic rings. The van der Waals surface area contributed by atoms with Gasteiger partial charge in [-0.3, -0.25) is 4.90 Å². The lowest BCUT2D eigenvalue weighted by molar-refractivity contribution is 0.207. The second kappa shape index (κ2) is 7.32. The summed E-state index contributed by atoms with van der Waals surface area (Å²) >= 11 is 2.11. The van der Waals surface area contributed by atoms with Crippen LogP contribution in [0, 0.1) is 0 Å². The highest BCUT2D eigenvalue weighted by Crippen LogP contribution is 2.28. The van der Waals surface area contributed by atoms with E-state index in [0.29, 0.717) is 12.6 Å². The monoisotopic (exact) mass is 278 g/mol. The number of hydrogen-bond acceptors (Lipinski definition) is 3. The summed E-state index contributed by atoms with van der Waals surface area (Å²) in [5.41, 5.74) is 8.82. The van der Waals surface area contributed by atoms with Crippen molar-refractivity contribution in [3.63, 3.8) is 0 Å². The maximum Gasteiger partial charge on any atom is 0.0471 e. The molecule has 2 nitrogen and oxygen atoms in total. The van der Waals surface area contributed by atoms with E-state index < -0.39 is 0 Å². The van der Waals surface area contributed by atoms with Gasteiger partial charge in [0, 0.05) is 36.7 Å². The fourth-order valence-corrected chi connectivity index (χ4v) is 3.95. The molecule has 0 spiro atoms. The molecule has 1 fully saturated rings. The molecular formula is C16H26N2S. The van der Waals surface area contributed by atoms with E-state index in [2.05, 4.69) is 54.8 Å². The van der Waals surface area contributed by atoms with Crippen molar-refractivity contribution in [2.75, 3.05) is 25.4 Å². The summed E-state index contributed by atoms with van der Waals surface area (Å²) in [5.74, 6) is 1.24. The number of benzene rings is 1. The third-order valence-electron chi connectivity index (χ3n) is 4.06. The number of aryl methyl sites for hydroxylation is 1. The number of rotatable bonds is 5. The zero-order chi connectivity index (χ0) is 13.7. The average molecular weight is 278 g/mol. The summed E-state index contributed by atoms with van der Waals surface area (Å²) in [5, 5.41) is 0.776. The normalized spacial score (nSPS) is 22.4. The molecule has 0 saturated carbocycles. The Morgan fingerprint density at radius 1 is 1.32 bits per heavy atom. The number of nitrogens with zero attached hydrogens (tertiary/aromatic N) is 1. The third-order valence-corrected chi connectivity index (χ3v) is 5.43. The third kappa shape index (κ3) is 3.74. The molecule has 0 bridgehead atoms. The summed E-state index contributed by atoms with van der Waals surface area (Å²) in [7, 11) is 0. The SMILES string of the molecule is CCc1ccc(C(CN)N2CCSC(CC)C2)cc1. The Kier molecular flexibility index (Phi) is 5.74. The van der Waals surface area contributed by atoms with E-state index in [1.54, 1.807) is 0 Å². The Labute approximate surface area is 121 Å². The molecule has 0 aromatic heterocycles. The van der Waals surface area contributed by atoms with Crippen LogP contribution in [-0.4, -0.2) is 35.5 Å². The lowest BCUT2D eigenvalue weighted by atomic mass is 10.0. The van der Waals surface area contributed by atoms with Crippen LogP contribution in [0.1, 0.15) is 37.4 Å². The highest BCUT2D eigenvalue weighted by Gasteiger charge is 2.25. The fraction of sp³-hybridized carbons (Fsp3) is 0.625. The summed E-state index contributed by atoms with van der Waals surface area (Å²) in [6, 6.07) is 9.40. The van der Waals surface area contributed by atoms with Crippen LogP contribution in [0.4, 0.5) is 0 Å². The van der Waals surface area contributed by atoms with Gasteiger partial charge < -0.3 is 5.73 Å². The van der Waals surface area contributed by atoms with Gasteiger partial charge in [-0.1, -0.05) is 38.1 Å². The van der Waals surface area contributed by atoms with Crippen LogP contribution in [-0.2, 0) is 6.42 Å². The topological polar surface area (TPSA) is 29.3 Å². The van der Waals surface area contributed by atoms with E-state index >= 15 is 0 Å². The lowest BCUT2D eigenvalue weighted by Crippen LogP contribution is -2.42. The largest absolute Gasteiger partial charge is 0.329 e. The number of thioether (sulfide) groups is 1. The molecular weight excluding hydrogens is 252 g/mol. The van der Waals surface area contributed by atoms with E-state index in [9.17, 15) is 0 Å². The molecule has 0 radical (unpaired) electrons. The smallest absolute Gasteiger partial charge is 0.0471 e. The van der Waals surface area contributed by atoms with Gasteiger partial charge in [-0.25, -0.2) is 0 Å². The van der Waals surface area contributed by atoms with Crippen LogP contribution >= 0.6 is 11.8 Å². The van der Waals surface area contributed by atoms with E-state index in [1.165, 1.54) is 36.4 Å². The molecule has 0 aliphatic carbocycles. The highest BCUT2D eigenvalue weighted by atomic mass is 32.2. The van der Waals surface area contributed by atoms with Crippen LogP contribution in [0.2, 0.25) is 0 Å². The predicted octanol–water partition coefficient (Wildman–Crippen LogP) is 3.08. The first-order chi connectivity index (χ1) is 9.28. The van der Waals surface area contributed by atoms with Crippen molar-refractivity contribution in [2.45, 2.75) is 38.0 Å². The van der Waals surface area contributed by atoms with Crippen molar-refractivity contribution >= 4 is 11.8 Å². The van der Waals surface area contributed by atoms with Crippen molar-refractivity contribution < 1.29 is 0 Å². The Morgan fingerprint density at radius 3 is 2.63 bits per heavy atom. The van der Waals surface area contributed by atoms with Crippen molar-refractivity contribution in [1.29, 1.82) is 0 Å². The molecule has 1 aliphatic rings. The molecule has 1 saturated heterocycles. The zero-order valence-corrected chi connectivity index (χ0v) is 13.0. The molecule has 2 unspecified atom stereocenters. The summed E-state index contributed by atoms with van der Waals surface area (Å²) in [6.45, 7) is 7.54. The maximum atomic E-state index is 6.04. The molecule has 2 rings (SSSR count). The summed E-state index contributed by atoms with van der Waals surface area (Å²) < 4.78 is 0. The highest BCUT2D eigenvalue weighted by molar-refractivity contribution is 8.00. The second-order valence-electron chi connectivity index (χ2n) is 5.24. The fourth-order valence-electron chi connectivity index (χ4n) is 2.74. The van der Waals surface area contributed by atoms with E-state index in [1.807, 2.05) is 0 Å². The van der Waals surface area contributed by atoms with Crippen LogP contribution < -0.4 is 5.73 Å². The standard InChI is InChI=1S/C16H26N2S/c1-3-13-5-7-14(8-6-13)16(11-17)18-9-10-19-15(4-2)12-18/h5-8,15-16H,3-4,9-12,17H2,1-2H3. The Bertz CT molecular complexity index is 377. The van der Waals surface area contributed by atoms with E-state index in [0.717, 1.165) is 11.7 Å². The van der Waals surface area contributed by atoms with Crippen LogP contribution in [0.3, 0.4) is 0 Å². The Morgan fingerprint density at radius 2 is 2.05 bits per heavy atom. The summed E-state index contributed by atoms with van der Waals surface area (Å²) in [6.07, 6.45) is 2.36. The zero-order valence-electron chi connectivity index (χ0n) is 12.1. The predicted molar refractivity (Wildman–Crippen MR) is 85.7 cm³/mol. The van der Waals surface area contributed by atoms with Gasteiger partial charge in [0.15, 0.2) is 0 Å². The minimum absolute atomic E-state index is 0.390. The van der Waals surface area contributed by atoms with Gasteiger partial charge in [0.25, 0.3) is 0 Å². The van der Waals surface area contributed by atoms with Crippen LogP contribution in [0.15, 0.2) is 24.3 Å². The maximum absolute atomic E-state index is 6.04. The molecule has 1 aromatic carbocycles.